The average Bonchev–Trinajstić information content (AvgIpc) is 2.62. The van der Waals surface area contributed by atoms with Crippen molar-refractivity contribution in [3.05, 3.63) is 77.2 Å². The lowest BCUT2D eigenvalue weighted by molar-refractivity contribution is 0.453. The van der Waals surface area contributed by atoms with Crippen LogP contribution in [0.5, 0.6) is 11.6 Å². The number of benzene rings is 2. The van der Waals surface area contributed by atoms with Crippen LogP contribution >= 0.6 is 11.8 Å². The average molecular weight is 351 g/mol. The fourth-order valence-electron chi connectivity index (χ4n) is 2.13. The monoisotopic (exact) mass is 351 g/mol. The van der Waals surface area contributed by atoms with Gasteiger partial charge in [-0.1, -0.05) is 23.9 Å². The van der Waals surface area contributed by atoms with Gasteiger partial charge in [0.15, 0.2) is 5.16 Å². The summed E-state index contributed by atoms with van der Waals surface area (Å²) in [5.41, 5.74) is 2.43. The summed E-state index contributed by atoms with van der Waals surface area (Å²) >= 11 is 1.46. The van der Waals surface area contributed by atoms with E-state index < -0.39 is 0 Å². The Hall–Kier alpha value is -2.91. The van der Waals surface area contributed by atoms with Gasteiger partial charge in [0.25, 0.3) is 0 Å². The van der Waals surface area contributed by atoms with E-state index in [9.17, 15) is 4.39 Å². The Morgan fingerprint density at radius 2 is 1.92 bits per heavy atom. The third kappa shape index (κ3) is 4.78. The van der Waals surface area contributed by atoms with E-state index in [1.165, 1.54) is 23.9 Å². The number of aromatic nitrogens is 2. The lowest BCUT2D eigenvalue weighted by atomic mass is 10.2. The molecule has 0 saturated heterocycles. The molecule has 1 heterocycles. The van der Waals surface area contributed by atoms with Crippen LogP contribution in [0.15, 0.2) is 59.8 Å². The molecule has 0 N–H and O–H groups in total. The van der Waals surface area contributed by atoms with Gasteiger partial charge in [-0.2, -0.15) is 10.2 Å². The van der Waals surface area contributed by atoms with Gasteiger partial charge in [-0.25, -0.2) is 9.37 Å². The van der Waals surface area contributed by atoms with Gasteiger partial charge in [0.1, 0.15) is 11.6 Å². The van der Waals surface area contributed by atoms with E-state index in [2.05, 4.69) is 16.0 Å². The van der Waals surface area contributed by atoms with E-state index in [4.69, 9.17) is 10.00 Å². The first-order valence-electron chi connectivity index (χ1n) is 7.53. The van der Waals surface area contributed by atoms with Crippen molar-refractivity contribution in [3.8, 4) is 17.7 Å². The van der Waals surface area contributed by atoms with E-state index in [0.29, 0.717) is 28.1 Å². The highest BCUT2D eigenvalue weighted by atomic mass is 32.2. The molecule has 0 aliphatic heterocycles. The third-order valence-corrected chi connectivity index (χ3v) is 4.19. The zero-order valence-corrected chi connectivity index (χ0v) is 14.3. The fraction of sp³-hybridized carbons (Fsp3) is 0.105. The molecule has 0 radical (unpaired) electrons. The van der Waals surface area contributed by atoms with Gasteiger partial charge in [0, 0.05) is 17.5 Å². The summed E-state index contributed by atoms with van der Waals surface area (Å²) in [7, 11) is 0. The quantitative estimate of drug-likeness (QED) is 0.484. The normalized spacial score (nSPS) is 10.3. The van der Waals surface area contributed by atoms with Crippen LogP contribution in [0.4, 0.5) is 4.39 Å². The Kier molecular flexibility index (Phi) is 5.26. The number of ether oxygens (including phenoxy) is 1. The van der Waals surface area contributed by atoms with E-state index in [0.717, 1.165) is 11.3 Å². The highest BCUT2D eigenvalue weighted by Gasteiger charge is 2.07. The molecule has 6 heteroatoms. The highest BCUT2D eigenvalue weighted by molar-refractivity contribution is 7.98. The van der Waals surface area contributed by atoms with E-state index in [-0.39, 0.29) is 5.82 Å². The Morgan fingerprint density at radius 3 is 2.68 bits per heavy atom. The molecule has 0 bridgehead atoms. The van der Waals surface area contributed by atoms with Gasteiger partial charge in [-0.3, -0.25) is 0 Å². The van der Waals surface area contributed by atoms with Crippen molar-refractivity contribution in [1.29, 1.82) is 5.26 Å². The topological polar surface area (TPSA) is 58.8 Å². The molecule has 0 amide bonds. The van der Waals surface area contributed by atoms with Crippen LogP contribution in [0.1, 0.15) is 16.8 Å². The number of nitriles is 1. The molecule has 0 aliphatic carbocycles. The van der Waals surface area contributed by atoms with E-state index in [1.807, 2.05) is 25.1 Å². The molecule has 25 heavy (non-hydrogen) atoms. The molecule has 3 rings (SSSR count). The largest absolute Gasteiger partial charge is 0.439 e. The first-order chi connectivity index (χ1) is 12.1. The SMILES string of the molecule is Cc1cc(Oc2ccc(F)cc2)nc(SCc2cccc(C#N)c2)n1. The molecule has 0 aliphatic rings. The smallest absolute Gasteiger partial charge is 0.223 e. The minimum atomic E-state index is -0.318. The summed E-state index contributed by atoms with van der Waals surface area (Å²) < 4.78 is 18.6. The maximum Gasteiger partial charge on any atom is 0.223 e. The Balaban J connectivity index is 1.72. The summed E-state index contributed by atoms with van der Waals surface area (Å²) in [5, 5.41) is 9.54. The van der Waals surface area contributed by atoms with Crippen molar-refractivity contribution in [2.45, 2.75) is 17.8 Å². The van der Waals surface area contributed by atoms with Crippen LogP contribution in [-0.2, 0) is 5.75 Å². The predicted octanol–water partition coefficient (Wildman–Crippen LogP) is 4.88. The summed E-state index contributed by atoms with van der Waals surface area (Å²) in [4.78, 5) is 8.77. The first-order valence-corrected chi connectivity index (χ1v) is 8.52. The van der Waals surface area contributed by atoms with Crippen molar-refractivity contribution in [2.24, 2.45) is 0 Å². The number of hydrogen-bond donors (Lipinski definition) is 0. The summed E-state index contributed by atoms with van der Waals surface area (Å²) in [5.74, 6) is 1.25. The second kappa shape index (κ2) is 7.77. The van der Waals surface area contributed by atoms with Crippen LogP contribution in [0.3, 0.4) is 0 Å². The summed E-state index contributed by atoms with van der Waals surface area (Å²) in [6.07, 6.45) is 0. The molecule has 0 saturated carbocycles. The molecule has 0 atom stereocenters. The van der Waals surface area contributed by atoms with Crippen molar-refractivity contribution >= 4 is 11.8 Å². The number of rotatable bonds is 5. The maximum absolute atomic E-state index is 13.0. The van der Waals surface area contributed by atoms with Crippen LogP contribution in [-0.4, -0.2) is 9.97 Å². The van der Waals surface area contributed by atoms with Crippen molar-refractivity contribution in [1.82, 2.24) is 9.97 Å². The van der Waals surface area contributed by atoms with Gasteiger partial charge >= 0.3 is 0 Å². The van der Waals surface area contributed by atoms with E-state index in [1.54, 1.807) is 24.3 Å². The fourth-order valence-corrected chi connectivity index (χ4v) is 2.97. The molecule has 2 aromatic carbocycles. The predicted molar refractivity (Wildman–Crippen MR) is 94.0 cm³/mol. The first kappa shape index (κ1) is 16.9. The Bertz CT molecular complexity index is 923. The Morgan fingerprint density at radius 1 is 1.12 bits per heavy atom. The summed E-state index contributed by atoms with van der Waals surface area (Å²) in [6.45, 7) is 1.86. The van der Waals surface area contributed by atoms with Crippen LogP contribution in [0, 0.1) is 24.1 Å². The lowest BCUT2D eigenvalue weighted by Crippen LogP contribution is -1.95. The Labute approximate surface area is 149 Å². The molecular formula is C19H14FN3OS. The van der Waals surface area contributed by atoms with Gasteiger partial charge in [-0.05, 0) is 48.9 Å². The third-order valence-electron chi connectivity index (χ3n) is 3.27. The zero-order chi connectivity index (χ0) is 17.6. The van der Waals surface area contributed by atoms with Crippen molar-refractivity contribution < 1.29 is 9.13 Å². The number of aryl methyl sites for hydroxylation is 1. The van der Waals surface area contributed by atoms with Crippen LogP contribution < -0.4 is 4.74 Å². The van der Waals surface area contributed by atoms with Crippen LogP contribution in [0.2, 0.25) is 0 Å². The number of nitrogens with zero attached hydrogens (tertiary/aromatic N) is 3. The molecular weight excluding hydrogens is 337 g/mol. The maximum atomic E-state index is 13.0. The van der Waals surface area contributed by atoms with Gasteiger partial charge < -0.3 is 4.74 Å². The number of thioether (sulfide) groups is 1. The summed E-state index contributed by atoms with van der Waals surface area (Å²) in [6, 6.07) is 17.0. The minimum absolute atomic E-state index is 0.318. The highest BCUT2D eigenvalue weighted by Crippen LogP contribution is 2.25. The number of hydrogen-bond acceptors (Lipinski definition) is 5. The lowest BCUT2D eigenvalue weighted by Gasteiger charge is -2.08. The number of halogens is 1. The second-order valence-electron chi connectivity index (χ2n) is 5.29. The van der Waals surface area contributed by atoms with Crippen molar-refractivity contribution in [3.63, 3.8) is 0 Å². The molecule has 0 fully saturated rings. The zero-order valence-electron chi connectivity index (χ0n) is 13.4. The van der Waals surface area contributed by atoms with Crippen LogP contribution in [0.25, 0.3) is 0 Å². The molecule has 4 nitrogen and oxygen atoms in total. The molecule has 0 unspecified atom stereocenters. The van der Waals surface area contributed by atoms with Crippen molar-refractivity contribution in [2.75, 3.05) is 0 Å². The molecule has 0 spiro atoms. The molecule has 124 valence electrons. The second-order valence-corrected chi connectivity index (χ2v) is 6.23. The molecule has 3 aromatic rings. The molecule has 1 aromatic heterocycles. The minimum Gasteiger partial charge on any atom is -0.439 e. The standard InChI is InChI=1S/C19H14FN3OS/c1-13-9-18(24-17-7-5-16(20)6-8-17)23-19(22-13)25-12-15-4-2-3-14(10-15)11-21/h2-10H,12H2,1H3. The van der Waals surface area contributed by atoms with Gasteiger partial charge in [-0.15, -0.1) is 0 Å². The van der Waals surface area contributed by atoms with Gasteiger partial charge in [0.2, 0.25) is 5.88 Å². The van der Waals surface area contributed by atoms with Gasteiger partial charge in [0.05, 0.1) is 11.6 Å². The van der Waals surface area contributed by atoms with E-state index >= 15 is 0 Å².